The van der Waals surface area contributed by atoms with Crippen LogP contribution in [0.5, 0.6) is 11.5 Å². The molecule has 0 radical (unpaired) electrons. The number of nitrogens with zero attached hydrogens (tertiary/aromatic N) is 1. The number of hydrogen-bond donors (Lipinski definition) is 3. The number of piperazine rings is 1. The van der Waals surface area contributed by atoms with Gasteiger partial charge in [-0.2, -0.15) is 0 Å². The first kappa shape index (κ1) is 14.0. The molecule has 1 saturated heterocycles. The van der Waals surface area contributed by atoms with Crippen LogP contribution in [0.1, 0.15) is 18.0 Å². The highest BCUT2D eigenvalue weighted by atomic mass is 19.3. The Morgan fingerprint density at radius 2 is 1.68 bits per heavy atom. The number of halogens is 2. The molecule has 2 rings (SSSR count). The summed E-state index contributed by atoms with van der Waals surface area (Å²) in [5.74, 6) is -0.214. The molecule has 1 aromatic carbocycles. The van der Waals surface area contributed by atoms with Gasteiger partial charge in [-0.1, -0.05) is 0 Å². The van der Waals surface area contributed by atoms with E-state index in [1.807, 2.05) is 4.90 Å². The second-order valence-electron chi connectivity index (χ2n) is 4.71. The second kappa shape index (κ2) is 6.16. The monoisotopic (exact) mass is 272 g/mol. The van der Waals surface area contributed by atoms with E-state index in [2.05, 4.69) is 5.32 Å². The second-order valence-corrected chi connectivity index (χ2v) is 4.71. The Morgan fingerprint density at radius 1 is 1.11 bits per heavy atom. The molecule has 19 heavy (non-hydrogen) atoms. The Labute approximate surface area is 110 Å². The van der Waals surface area contributed by atoms with Crippen LogP contribution in [0.3, 0.4) is 0 Å². The van der Waals surface area contributed by atoms with Crippen LogP contribution in [0, 0.1) is 0 Å². The molecule has 0 aromatic heterocycles. The van der Waals surface area contributed by atoms with Gasteiger partial charge in [-0.3, -0.25) is 4.90 Å². The molecule has 6 heteroatoms. The number of benzene rings is 1. The number of alkyl halides is 2. The lowest BCUT2D eigenvalue weighted by Crippen LogP contribution is -2.45. The Bertz CT molecular complexity index is 403. The predicted octanol–water partition coefficient (Wildman–Crippen LogP) is 1.70. The van der Waals surface area contributed by atoms with Crippen molar-refractivity contribution < 1.29 is 19.0 Å². The molecule has 0 bridgehead atoms. The maximum Gasteiger partial charge on any atom is 0.240 e. The maximum atomic E-state index is 12.8. The first-order valence-corrected chi connectivity index (χ1v) is 6.32. The molecule has 0 saturated carbocycles. The summed E-state index contributed by atoms with van der Waals surface area (Å²) in [6.45, 7) is 2.86. The fourth-order valence-electron chi connectivity index (χ4n) is 2.47. The fourth-order valence-corrected chi connectivity index (χ4v) is 2.47. The Balaban J connectivity index is 2.24. The molecule has 0 spiro atoms. The van der Waals surface area contributed by atoms with Gasteiger partial charge in [-0.15, -0.1) is 0 Å². The molecule has 1 atom stereocenters. The Hall–Kier alpha value is -1.40. The minimum Gasteiger partial charge on any atom is -0.508 e. The maximum absolute atomic E-state index is 12.8. The highest BCUT2D eigenvalue weighted by Gasteiger charge is 2.26. The van der Waals surface area contributed by atoms with Crippen molar-refractivity contribution in [1.29, 1.82) is 0 Å². The number of nitrogens with one attached hydrogen (secondary N) is 1. The van der Waals surface area contributed by atoms with E-state index in [9.17, 15) is 19.0 Å². The average molecular weight is 272 g/mol. The molecular weight excluding hydrogens is 254 g/mol. The van der Waals surface area contributed by atoms with Crippen LogP contribution in [0.4, 0.5) is 8.78 Å². The average Bonchev–Trinajstić information content (AvgIpc) is 2.35. The van der Waals surface area contributed by atoms with Crippen LogP contribution in [0.25, 0.3) is 0 Å². The third kappa shape index (κ3) is 3.78. The molecule has 1 aliphatic heterocycles. The fraction of sp³-hybridized carbons (Fsp3) is 0.538. The van der Waals surface area contributed by atoms with Crippen molar-refractivity contribution in [1.82, 2.24) is 10.2 Å². The number of aromatic hydroxyl groups is 2. The largest absolute Gasteiger partial charge is 0.508 e. The molecule has 106 valence electrons. The number of hydrogen-bond acceptors (Lipinski definition) is 4. The first-order valence-electron chi connectivity index (χ1n) is 6.32. The van der Waals surface area contributed by atoms with E-state index in [0.717, 1.165) is 13.1 Å². The quantitative estimate of drug-likeness (QED) is 0.781. The molecule has 0 amide bonds. The lowest BCUT2D eigenvalue weighted by Gasteiger charge is -2.35. The van der Waals surface area contributed by atoms with E-state index in [1.165, 1.54) is 18.2 Å². The molecule has 3 N–H and O–H groups in total. The SMILES string of the molecule is Oc1cc(O)cc([C@H](CC(F)F)N2CCNCC2)c1. The normalized spacial score (nSPS) is 18.7. The Morgan fingerprint density at radius 3 is 2.21 bits per heavy atom. The molecule has 4 nitrogen and oxygen atoms in total. The zero-order valence-electron chi connectivity index (χ0n) is 10.5. The van der Waals surface area contributed by atoms with E-state index < -0.39 is 12.5 Å². The minimum absolute atomic E-state index is 0.107. The summed E-state index contributed by atoms with van der Waals surface area (Å²) in [7, 11) is 0. The summed E-state index contributed by atoms with van der Waals surface area (Å²) in [4.78, 5) is 1.96. The lowest BCUT2D eigenvalue weighted by atomic mass is 10.0. The summed E-state index contributed by atoms with van der Waals surface area (Å²) in [5, 5.41) is 22.2. The molecule has 1 aromatic rings. The van der Waals surface area contributed by atoms with Gasteiger partial charge in [-0.05, 0) is 17.7 Å². The van der Waals surface area contributed by atoms with Crippen LogP contribution >= 0.6 is 0 Å². The molecule has 1 fully saturated rings. The van der Waals surface area contributed by atoms with Crippen molar-refractivity contribution in [3.63, 3.8) is 0 Å². The zero-order chi connectivity index (χ0) is 13.8. The van der Waals surface area contributed by atoms with Crippen LogP contribution in [0.15, 0.2) is 18.2 Å². The zero-order valence-corrected chi connectivity index (χ0v) is 10.5. The van der Waals surface area contributed by atoms with Crippen LogP contribution in [0.2, 0.25) is 0 Å². The summed E-state index contributed by atoms with van der Waals surface area (Å²) in [6, 6.07) is 3.59. The van der Waals surface area contributed by atoms with Crippen molar-refractivity contribution in [2.24, 2.45) is 0 Å². The third-order valence-electron chi connectivity index (χ3n) is 3.30. The minimum atomic E-state index is -2.43. The van der Waals surface area contributed by atoms with Crippen molar-refractivity contribution >= 4 is 0 Å². The summed E-state index contributed by atoms with van der Waals surface area (Å²) < 4.78 is 25.5. The standard InChI is InChI=1S/C13H18F2N2O2/c14-13(15)8-12(17-3-1-16-2-4-17)9-5-10(18)7-11(19)6-9/h5-7,12-13,16,18-19H,1-4,8H2/t12-/m0/s1. The van der Waals surface area contributed by atoms with Gasteiger partial charge in [0.2, 0.25) is 6.43 Å². The van der Waals surface area contributed by atoms with Crippen LogP contribution in [-0.4, -0.2) is 47.7 Å². The predicted molar refractivity (Wildman–Crippen MR) is 67.6 cm³/mol. The summed E-state index contributed by atoms with van der Waals surface area (Å²) >= 11 is 0. The van der Waals surface area contributed by atoms with E-state index in [-0.39, 0.29) is 17.9 Å². The van der Waals surface area contributed by atoms with Gasteiger partial charge in [0.1, 0.15) is 11.5 Å². The lowest BCUT2D eigenvalue weighted by molar-refractivity contribution is 0.0737. The van der Waals surface area contributed by atoms with Gasteiger partial charge >= 0.3 is 0 Å². The van der Waals surface area contributed by atoms with Gasteiger partial charge in [0.15, 0.2) is 0 Å². The van der Waals surface area contributed by atoms with Gasteiger partial charge in [0.25, 0.3) is 0 Å². The van der Waals surface area contributed by atoms with E-state index in [4.69, 9.17) is 0 Å². The van der Waals surface area contributed by atoms with Crippen LogP contribution < -0.4 is 5.32 Å². The summed E-state index contributed by atoms with van der Waals surface area (Å²) in [6.07, 6.45) is -2.73. The van der Waals surface area contributed by atoms with E-state index in [1.54, 1.807) is 0 Å². The van der Waals surface area contributed by atoms with Crippen molar-refractivity contribution in [2.45, 2.75) is 18.9 Å². The highest BCUT2D eigenvalue weighted by molar-refractivity contribution is 5.38. The van der Waals surface area contributed by atoms with E-state index in [0.29, 0.717) is 18.7 Å². The van der Waals surface area contributed by atoms with Gasteiger partial charge in [0, 0.05) is 44.7 Å². The smallest absolute Gasteiger partial charge is 0.240 e. The van der Waals surface area contributed by atoms with Gasteiger partial charge in [-0.25, -0.2) is 8.78 Å². The number of phenolic OH excluding ortho intramolecular Hbond substituents is 2. The molecule has 1 aliphatic rings. The first-order chi connectivity index (χ1) is 9.06. The van der Waals surface area contributed by atoms with Gasteiger partial charge in [0.05, 0.1) is 0 Å². The highest BCUT2D eigenvalue weighted by Crippen LogP contribution is 2.32. The third-order valence-corrected chi connectivity index (χ3v) is 3.30. The van der Waals surface area contributed by atoms with Crippen molar-refractivity contribution in [3.05, 3.63) is 23.8 Å². The van der Waals surface area contributed by atoms with Crippen molar-refractivity contribution in [2.75, 3.05) is 26.2 Å². The Kier molecular flexibility index (Phi) is 4.55. The topological polar surface area (TPSA) is 55.7 Å². The van der Waals surface area contributed by atoms with E-state index >= 15 is 0 Å². The molecule has 1 heterocycles. The molecule has 0 aliphatic carbocycles. The molecule has 0 unspecified atom stereocenters. The van der Waals surface area contributed by atoms with Gasteiger partial charge < -0.3 is 15.5 Å². The van der Waals surface area contributed by atoms with Crippen LogP contribution in [-0.2, 0) is 0 Å². The number of rotatable bonds is 4. The summed E-state index contributed by atoms with van der Waals surface area (Å²) in [5.41, 5.74) is 0.528. The van der Waals surface area contributed by atoms with Crippen molar-refractivity contribution in [3.8, 4) is 11.5 Å². The number of phenols is 2. The molecular formula is C13H18F2N2O2.